The lowest BCUT2D eigenvalue weighted by Crippen LogP contribution is -2.02. The molecule has 0 aliphatic carbocycles. The molecule has 0 saturated heterocycles. The molecular formula is C14H11NO3. The van der Waals surface area contributed by atoms with Crippen LogP contribution < -0.4 is 4.74 Å². The van der Waals surface area contributed by atoms with Crippen molar-refractivity contribution in [1.29, 1.82) is 0 Å². The molecule has 90 valence electrons. The number of hydrogen-bond donors (Lipinski definition) is 0. The highest BCUT2D eigenvalue weighted by molar-refractivity contribution is 5.77. The molecule has 2 rings (SSSR count). The number of pyridine rings is 1. The molecule has 1 aromatic carbocycles. The van der Waals surface area contributed by atoms with E-state index in [0.29, 0.717) is 22.6 Å². The average Bonchev–Trinajstić information content (AvgIpc) is 2.39. The zero-order chi connectivity index (χ0) is 13.0. The molecule has 1 heterocycles. The van der Waals surface area contributed by atoms with Crippen LogP contribution in [0, 0.1) is 0 Å². The minimum atomic E-state index is -0.382. The van der Waals surface area contributed by atoms with E-state index in [2.05, 4.69) is 4.98 Å². The Hall–Kier alpha value is -2.49. The fraction of sp³-hybridized carbons (Fsp3) is 0.0714. The van der Waals surface area contributed by atoms with Gasteiger partial charge in [-0.15, -0.1) is 0 Å². The topological polar surface area (TPSA) is 56.3 Å². The van der Waals surface area contributed by atoms with E-state index < -0.39 is 0 Å². The van der Waals surface area contributed by atoms with Gasteiger partial charge in [0.2, 0.25) is 0 Å². The molecule has 0 spiro atoms. The van der Waals surface area contributed by atoms with Gasteiger partial charge in [-0.1, -0.05) is 12.1 Å². The number of nitrogens with zero attached hydrogens (tertiary/aromatic N) is 1. The predicted molar refractivity (Wildman–Crippen MR) is 66.4 cm³/mol. The van der Waals surface area contributed by atoms with Crippen LogP contribution >= 0.6 is 0 Å². The van der Waals surface area contributed by atoms with Gasteiger partial charge in [-0.2, -0.15) is 0 Å². The molecule has 0 radical (unpaired) electrons. The molecule has 0 aliphatic rings. The molecule has 0 aliphatic heterocycles. The van der Waals surface area contributed by atoms with Crippen LogP contribution in [0.4, 0.5) is 0 Å². The van der Waals surface area contributed by atoms with Crippen LogP contribution in [0.1, 0.15) is 17.3 Å². The van der Waals surface area contributed by atoms with Crippen molar-refractivity contribution in [2.45, 2.75) is 6.92 Å². The van der Waals surface area contributed by atoms with Crippen molar-refractivity contribution in [1.82, 2.24) is 4.98 Å². The van der Waals surface area contributed by atoms with E-state index in [-0.39, 0.29) is 5.97 Å². The number of carbonyl (C=O) groups excluding carboxylic acids is 2. The Morgan fingerprint density at radius 2 is 2.00 bits per heavy atom. The van der Waals surface area contributed by atoms with E-state index in [1.807, 2.05) is 6.07 Å². The Morgan fingerprint density at radius 1 is 1.22 bits per heavy atom. The summed E-state index contributed by atoms with van der Waals surface area (Å²) in [5, 5.41) is 0. The maximum Gasteiger partial charge on any atom is 0.308 e. The van der Waals surface area contributed by atoms with Crippen LogP contribution in [0.25, 0.3) is 11.3 Å². The van der Waals surface area contributed by atoms with Crippen molar-refractivity contribution < 1.29 is 14.3 Å². The van der Waals surface area contributed by atoms with Gasteiger partial charge >= 0.3 is 5.97 Å². The van der Waals surface area contributed by atoms with E-state index in [0.717, 1.165) is 6.29 Å². The SMILES string of the molecule is CC(=O)Oc1ccccc1-c1ccc(C=O)cn1. The zero-order valence-corrected chi connectivity index (χ0v) is 9.79. The van der Waals surface area contributed by atoms with E-state index in [1.54, 1.807) is 30.3 Å². The van der Waals surface area contributed by atoms with E-state index in [9.17, 15) is 9.59 Å². The monoisotopic (exact) mass is 241 g/mol. The molecule has 0 unspecified atom stereocenters. The Bertz CT molecular complexity index is 576. The molecule has 0 N–H and O–H groups in total. The maximum atomic E-state index is 11.0. The summed E-state index contributed by atoms with van der Waals surface area (Å²) in [5.74, 6) is 0.0725. The van der Waals surface area contributed by atoms with Crippen molar-refractivity contribution in [3.8, 4) is 17.0 Å². The summed E-state index contributed by atoms with van der Waals surface area (Å²) in [6, 6.07) is 10.5. The number of aldehydes is 1. The number of para-hydroxylation sites is 1. The second-order valence-corrected chi connectivity index (χ2v) is 3.68. The van der Waals surface area contributed by atoms with Gasteiger partial charge in [0.15, 0.2) is 6.29 Å². The minimum absolute atomic E-state index is 0.382. The molecule has 0 atom stereocenters. The minimum Gasteiger partial charge on any atom is -0.426 e. The lowest BCUT2D eigenvalue weighted by atomic mass is 10.1. The third kappa shape index (κ3) is 2.60. The number of aromatic nitrogens is 1. The summed E-state index contributed by atoms with van der Waals surface area (Å²) in [5.41, 5.74) is 1.87. The number of esters is 1. The summed E-state index contributed by atoms with van der Waals surface area (Å²) in [7, 11) is 0. The highest BCUT2D eigenvalue weighted by atomic mass is 16.5. The standard InChI is InChI=1S/C14H11NO3/c1-10(17)18-14-5-3-2-4-12(14)13-7-6-11(9-16)8-15-13/h2-9H,1H3. The number of rotatable bonds is 3. The van der Waals surface area contributed by atoms with Crippen LogP contribution in [0.5, 0.6) is 5.75 Å². The second-order valence-electron chi connectivity index (χ2n) is 3.68. The summed E-state index contributed by atoms with van der Waals surface area (Å²) in [6.07, 6.45) is 2.21. The number of benzene rings is 1. The van der Waals surface area contributed by atoms with Crippen molar-refractivity contribution in [2.24, 2.45) is 0 Å². The molecule has 0 saturated carbocycles. The van der Waals surface area contributed by atoms with Gasteiger partial charge in [0.05, 0.1) is 5.69 Å². The van der Waals surface area contributed by atoms with Crippen molar-refractivity contribution >= 4 is 12.3 Å². The molecule has 0 fully saturated rings. The van der Waals surface area contributed by atoms with Crippen LogP contribution in [-0.2, 0) is 4.79 Å². The van der Waals surface area contributed by atoms with Gasteiger partial charge in [0.1, 0.15) is 5.75 Å². The van der Waals surface area contributed by atoms with Gasteiger partial charge in [-0.05, 0) is 24.3 Å². The molecule has 2 aromatic rings. The fourth-order valence-corrected chi connectivity index (χ4v) is 1.56. The lowest BCUT2D eigenvalue weighted by Gasteiger charge is -2.07. The highest BCUT2D eigenvalue weighted by Crippen LogP contribution is 2.28. The number of carbonyl (C=O) groups is 2. The lowest BCUT2D eigenvalue weighted by molar-refractivity contribution is -0.131. The van der Waals surface area contributed by atoms with E-state index >= 15 is 0 Å². The number of hydrogen-bond acceptors (Lipinski definition) is 4. The first kappa shape index (κ1) is 12.0. The van der Waals surface area contributed by atoms with Crippen molar-refractivity contribution in [3.05, 3.63) is 48.2 Å². The second kappa shape index (κ2) is 5.23. The van der Waals surface area contributed by atoms with Gasteiger partial charge in [-0.25, -0.2) is 0 Å². The zero-order valence-electron chi connectivity index (χ0n) is 9.79. The molecule has 0 amide bonds. The third-order valence-electron chi connectivity index (χ3n) is 2.34. The van der Waals surface area contributed by atoms with Gasteiger partial charge in [0, 0.05) is 24.2 Å². The molecule has 4 nitrogen and oxygen atoms in total. The van der Waals surface area contributed by atoms with Crippen LogP contribution in [-0.4, -0.2) is 17.2 Å². The van der Waals surface area contributed by atoms with E-state index in [1.165, 1.54) is 13.1 Å². The fourth-order valence-electron chi connectivity index (χ4n) is 1.56. The van der Waals surface area contributed by atoms with Crippen molar-refractivity contribution in [3.63, 3.8) is 0 Å². The van der Waals surface area contributed by atoms with Gasteiger partial charge < -0.3 is 4.74 Å². The maximum absolute atomic E-state index is 11.0. The quantitative estimate of drug-likeness (QED) is 0.470. The Balaban J connectivity index is 2.42. The van der Waals surface area contributed by atoms with Crippen LogP contribution in [0.2, 0.25) is 0 Å². The first-order chi connectivity index (χ1) is 8.70. The number of ether oxygens (including phenoxy) is 1. The van der Waals surface area contributed by atoms with Gasteiger partial charge in [0.25, 0.3) is 0 Å². The molecule has 4 heteroatoms. The first-order valence-corrected chi connectivity index (χ1v) is 5.40. The third-order valence-corrected chi connectivity index (χ3v) is 2.34. The Labute approximate surface area is 104 Å². The summed E-state index contributed by atoms with van der Waals surface area (Å²) >= 11 is 0. The van der Waals surface area contributed by atoms with Crippen LogP contribution in [0.15, 0.2) is 42.6 Å². The van der Waals surface area contributed by atoms with Crippen LogP contribution in [0.3, 0.4) is 0 Å². The summed E-state index contributed by atoms with van der Waals surface area (Å²) < 4.78 is 5.11. The Morgan fingerprint density at radius 3 is 2.61 bits per heavy atom. The normalized spacial score (nSPS) is 9.83. The smallest absolute Gasteiger partial charge is 0.308 e. The predicted octanol–water partition coefficient (Wildman–Crippen LogP) is 2.49. The average molecular weight is 241 g/mol. The first-order valence-electron chi connectivity index (χ1n) is 5.40. The molecule has 1 aromatic heterocycles. The largest absolute Gasteiger partial charge is 0.426 e. The molecule has 0 bridgehead atoms. The van der Waals surface area contributed by atoms with Crippen molar-refractivity contribution in [2.75, 3.05) is 0 Å². The van der Waals surface area contributed by atoms with E-state index in [4.69, 9.17) is 4.74 Å². The summed E-state index contributed by atoms with van der Waals surface area (Å²) in [4.78, 5) is 25.7. The summed E-state index contributed by atoms with van der Waals surface area (Å²) in [6.45, 7) is 1.35. The Kier molecular flexibility index (Phi) is 3.48. The molecule has 18 heavy (non-hydrogen) atoms. The van der Waals surface area contributed by atoms with Gasteiger partial charge in [-0.3, -0.25) is 14.6 Å². The highest BCUT2D eigenvalue weighted by Gasteiger charge is 2.08. The molecular weight excluding hydrogens is 230 g/mol.